The monoisotopic (exact) mass is 498 g/mol. The fraction of sp³-hybridized carbons (Fsp3) is 0.379. The second-order valence-electron chi connectivity index (χ2n) is 9.09. The predicted octanol–water partition coefficient (Wildman–Crippen LogP) is 8.05. The molecule has 0 amide bonds. The van der Waals surface area contributed by atoms with Crippen LogP contribution < -0.4 is 4.74 Å². The smallest absolute Gasteiger partial charge is 0.201 e. The van der Waals surface area contributed by atoms with E-state index in [9.17, 15) is 8.78 Å². The average molecular weight is 499 g/mol. The Labute approximate surface area is 209 Å². The summed E-state index contributed by atoms with van der Waals surface area (Å²) >= 11 is 0. The van der Waals surface area contributed by atoms with Crippen LogP contribution in [-0.4, -0.2) is 16.6 Å². The number of ether oxygens (including phenoxy) is 1. The number of allylic oxidation sites excluding steroid dienone is 2. The van der Waals surface area contributed by atoms with Crippen molar-refractivity contribution >= 4 is 0 Å². The second-order valence-corrected chi connectivity index (χ2v) is 9.09. The summed E-state index contributed by atoms with van der Waals surface area (Å²) in [6.07, 6.45) is 12.6. The van der Waals surface area contributed by atoms with Crippen LogP contribution in [0, 0.1) is 23.3 Å². The highest BCUT2D eigenvalue weighted by Crippen LogP contribution is 2.42. The molecule has 3 aromatic rings. The van der Waals surface area contributed by atoms with Crippen molar-refractivity contribution in [3.8, 4) is 16.9 Å². The van der Waals surface area contributed by atoms with Crippen molar-refractivity contribution in [1.82, 2.24) is 9.97 Å². The Morgan fingerprint density at radius 3 is 2.08 bits per heavy atom. The molecular weight excluding hydrogens is 468 g/mol. The van der Waals surface area contributed by atoms with Gasteiger partial charge in [0.25, 0.3) is 0 Å². The molecule has 1 aliphatic carbocycles. The molecule has 0 radical (unpaired) electrons. The van der Waals surface area contributed by atoms with E-state index in [-0.39, 0.29) is 40.9 Å². The van der Waals surface area contributed by atoms with Crippen LogP contribution in [0.4, 0.5) is 17.6 Å². The molecule has 0 atom stereocenters. The van der Waals surface area contributed by atoms with Crippen LogP contribution in [0.3, 0.4) is 0 Å². The molecule has 0 bridgehead atoms. The van der Waals surface area contributed by atoms with Gasteiger partial charge >= 0.3 is 0 Å². The van der Waals surface area contributed by atoms with E-state index in [4.69, 9.17) is 4.74 Å². The van der Waals surface area contributed by atoms with Gasteiger partial charge in [0, 0.05) is 29.9 Å². The highest BCUT2D eigenvalue weighted by Gasteiger charge is 2.28. The number of halogens is 4. The molecule has 0 spiro atoms. The largest absolute Gasteiger partial charge is 0.491 e. The van der Waals surface area contributed by atoms with Crippen molar-refractivity contribution in [2.75, 3.05) is 6.61 Å². The summed E-state index contributed by atoms with van der Waals surface area (Å²) in [6.45, 7) is 3.78. The zero-order chi connectivity index (χ0) is 25.7. The third-order valence-corrected chi connectivity index (χ3v) is 6.88. The zero-order valence-corrected chi connectivity index (χ0v) is 20.5. The molecule has 190 valence electrons. The van der Waals surface area contributed by atoms with Crippen LogP contribution in [-0.2, 0) is 6.42 Å². The van der Waals surface area contributed by atoms with Crippen LogP contribution in [0.5, 0.6) is 5.75 Å². The molecule has 0 saturated heterocycles. The van der Waals surface area contributed by atoms with E-state index >= 15 is 8.78 Å². The number of benzene rings is 2. The molecule has 1 aliphatic rings. The molecule has 1 aromatic heterocycles. The summed E-state index contributed by atoms with van der Waals surface area (Å²) in [7, 11) is 0. The highest BCUT2D eigenvalue weighted by atomic mass is 19.2. The van der Waals surface area contributed by atoms with E-state index in [1.807, 2.05) is 25.4 Å². The fourth-order valence-electron chi connectivity index (χ4n) is 4.92. The topological polar surface area (TPSA) is 35.0 Å². The lowest BCUT2D eigenvalue weighted by Gasteiger charge is -2.29. The lowest BCUT2D eigenvalue weighted by atomic mass is 9.76. The summed E-state index contributed by atoms with van der Waals surface area (Å²) in [5, 5.41) is 0. The lowest BCUT2D eigenvalue weighted by Crippen LogP contribution is -2.14. The molecule has 7 heteroatoms. The lowest BCUT2D eigenvalue weighted by molar-refractivity contribution is 0.314. The van der Waals surface area contributed by atoms with Crippen molar-refractivity contribution in [3.05, 3.63) is 89.0 Å². The summed E-state index contributed by atoms with van der Waals surface area (Å²) in [4.78, 5) is 8.95. The molecule has 36 heavy (non-hydrogen) atoms. The number of hydrogen-bond acceptors (Lipinski definition) is 3. The maximum absolute atomic E-state index is 15.1. The summed E-state index contributed by atoms with van der Waals surface area (Å²) in [6, 6.07) is 5.26. The molecule has 0 N–H and O–H groups in total. The SMILES string of the molecule is CC=CCCc1ncc(C2CCC(c3ccc(-c4ccc(OCC)c(F)c4F)c(F)c3F)CC2)cn1. The average Bonchev–Trinajstić information content (AvgIpc) is 2.90. The first kappa shape index (κ1) is 25.9. The van der Waals surface area contributed by atoms with Crippen molar-refractivity contribution < 1.29 is 22.3 Å². The van der Waals surface area contributed by atoms with Gasteiger partial charge < -0.3 is 4.74 Å². The van der Waals surface area contributed by atoms with E-state index in [0.29, 0.717) is 12.8 Å². The molecule has 3 nitrogen and oxygen atoms in total. The number of aryl methyl sites for hydroxylation is 1. The molecule has 1 saturated carbocycles. The molecule has 4 rings (SSSR count). The van der Waals surface area contributed by atoms with Gasteiger partial charge in [-0.25, -0.2) is 23.1 Å². The van der Waals surface area contributed by atoms with Gasteiger partial charge in [0.2, 0.25) is 5.82 Å². The number of hydrogen-bond donors (Lipinski definition) is 0. The minimum atomic E-state index is -1.26. The summed E-state index contributed by atoms with van der Waals surface area (Å²) in [5.41, 5.74) is 0.697. The van der Waals surface area contributed by atoms with E-state index in [1.54, 1.807) is 6.92 Å². The Kier molecular flexibility index (Phi) is 8.39. The molecular formula is C29H30F4N2O. The van der Waals surface area contributed by atoms with Crippen molar-refractivity contribution in [2.24, 2.45) is 0 Å². The van der Waals surface area contributed by atoms with E-state index in [2.05, 4.69) is 16.0 Å². The van der Waals surface area contributed by atoms with Gasteiger partial charge in [0.1, 0.15) is 5.82 Å². The zero-order valence-electron chi connectivity index (χ0n) is 20.5. The van der Waals surface area contributed by atoms with E-state index in [0.717, 1.165) is 37.1 Å². The van der Waals surface area contributed by atoms with Crippen molar-refractivity contribution in [2.45, 2.75) is 64.2 Å². The Hall–Kier alpha value is -3.22. The van der Waals surface area contributed by atoms with Crippen molar-refractivity contribution in [1.29, 1.82) is 0 Å². The quantitative estimate of drug-likeness (QED) is 0.233. The maximum atomic E-state index is 15.1. The highest BCUT2D eigenvalue weighted by molar-refractivity contribution is 5.66. The molecule has 2 aromatic carbocycles. The second kappa shape index (κ2) is 11.7. The Bertz CT molecular complexity index is 1220. The molecule has 0 unspecified atom stereocenters. The Balaban J connectivity index is 1.46. The minimum absolute atomic E-state index is 0.146. The fourth-order valence-corrected chi connectivity index (χ4v) is 4.92. The Morgan fingerprint density at radius 1 is 0.833 bits per heavy atom. The number of rotatable bonds is 8. The van der Waals surface area contributed by atoms with Gasteiger partial charge in [-0.05, 0) is 81.0 Å². The third kappa shape index (κ3) is 5.45. The summed E-state index contributed by atoms with van der Waals surface area (Å²) in [5.74, 6) is -3.97. The van der Waals surface area contributed by atoms with Crippen LogP contribution >= 0.6 is 0 Å². The third-order valence-electron chi connectivity index (χ3n) is 6.88. The van der Waals surface area contributed by atoms with Crippen LogP contribution in [0.15, 0.2) is 48.8 Å². The van der Waals surface area contributed by atoms with Crippen LogP contribution in [0.1, 0.15) is 74.7 Å². The van der Waals surface area contributed by atoms with E-state index in [1.165, 1.54) is 24.3 Å². The maximum Gasteiger partial charge on any atom is 0.201 e. The first-order valence-electron chi connectivity index (χ1n) is 12.5. The number of nitrogens with zero attached hydrogens (tertiary/aromatic N) is 2. The van der Waals surface area contributed by atoms with Gasteiger partial charge in [0.15, 0.2) is 23.2 Å². The van der Waals surface area contributed by atoms with E-state index < -0.39 is 23.3 Å². The van der Waals surface area contributed by atoms with Gasteiger partial charge in [0.05, 0.1) is 6.61 Å². The van der Waals surface area contributed by atoms with Gasteiger partial charge in [-0.2, -0.15) is 4.39 Å². The van der Waals surface area contributed by atoms with Gasteiger partial charge in [-0.15, -0.1) is 0 Å². The first-order chi connectivity index (χ1) is 17.4. The Morgan fingerprint density at radius 2 is 1.44 bits per heavy atom. The van der Waals surface area contributed by atoms with Crippen LogP contribution in [0.25, 0.3) is 11.1 Å². The van der Waals surface area contributed by atoms with Gasteiger partial charge in [-0.1, -0.05) is 24.3 Å². The summed E-state index contributed by atoms with van der Waals surface area (Å²) < 4.78 is 64.1. The molecule has 1 fully saturated rings. The van der Waals surface area contributed by atoms with Crippen molar-refractivity contribution in [3.63, 3.8) is 0 Å². The predicted molar refractivity (Wildman–Crippen MR) is 132 cm³/mol. The molecule has 0 aliphatic heterocycles. The normalized spacial score (nSPS) is 18.1. The number of aromatic nitrogens is 2. The van der Waals surface area contributed by atoms with Crippen LogP contribution in [0.2, 0.25) is 0 Å². The molecule has 1 heterocycles. The first-order valence-corrected chi connectivity index (χ1v) is 12.5. The minimum Gasteiger partial charge on any atom is -0.491 e. The standard InChI is InChI=1S/C29H30F4N2O/c1-3-5-6-7-25-34-16-20(17-35-25)18-8-10-19(11-9-18)21-12-13-22(27(31)26(21)30)23-14-15-24(36-4-2)29(33)28(23)32/h3,5,12-19H,4,6-11H2,1-2H3. The van der Waals surface area contributed by atoms with Gasteiger partial charge in [-0.3, -0.25) is 0 Å².